The first-order valence-electron chi connectivity index (χ1n) is 7.62. The highest BCUT2D eigenvalue weighted by Gasteiger charge is 2.44. The van der Waals surface area contributed by atoms with Crippen LogP contribution in [-0.4, -0.2) is 43.0 Å². The number of amides is 1. The van der Waals surface area contributed by atoms with Crippen LogP contribution in [0.4, 0.5) is 0 Å². The zero-order valence-electron chi connectivity index (χ0n) is 12.7. The van der Waals surface area contributed by atoms with Crippen molar-refractivity contribution in [2.75, 3.05) is 20.6 Å². The molecule has 0 saturated heterocycles. The topological polar surface area (TPSA) is 58.4 Å². The lowest BCUT2D eigenvalue weighted by atomic mass is 9.83. The van der Waals surface area contributed by atoms with E-state index in [1.54, 1.807) is 0 Å². The van der Waals surface area contributed by atoms with E-state index in [0.717, 1.165) is 25.8 Å². The second-order valence-corrected chi connectivity index (χ2v) is 6.92. The molecule has 2 saturated carbocycles. The highest BCUT2D eigenvalue weighted by molar-refractivity contribution is 5.83. The number of carbonyl (C=O) groups excluding carboxylic acids is 1. The highest BCUT2D eigenvalue weighted by atomic mass is 16.2. The predicted octanol–water partition coefficient (Wildman–Crippen LogP) is 1.49. The summed E-state index contributed by atoms with van der Waals surface area (Å²) in [5, 5.41) is 3.20. The Morgan fingerprint density at radius 3 is 2.37 bits per heavy atom. The molecule has 0 bridgehead atoms. The SMILES string of the molecule is CN(C)C1(CNC(=O)C2(C)CCCC2N)CCCC1. The van der Waals surface area contributed by atoms with Crippen LogP contribution in [0.1, 0.15) is 51.9 Å². The molecular weight excluding hydrogens is 238 g/mol. The van der Waals surface area contributed by atoms with Crippen molar-refractivity contribution in [3.8, 4) is 0 Å². The van der Waals surface area contributed by atoms with Gasteiger partial charge in [-0.25, -0.2) is 0 Å². The van der Waals surface area contributed by atoms with Gasteiger partial charge in [-0.15, -0.1) is 0 Å². The van der Waals surface area contributed by atoms with Gasteiger partial charge in [0.05, 0.1) is 5.41 Å². The number of hydrogen-bond acceptors (Lipinski definition) is 3. The van der Waals surface area contributed by atoms with Gasteiger partial charge >= 0.3 is 0 Å². The monoisotopic (exact) mass is 267 g/mol. The van der Waals surface area contributed by atoms with Gasteiger partial charge in [0.2, 0.25) is 5.91 Å². The summed E-state index contributed by atoms with van der Waals surface area (Å²) in [5.74, 6) is 0.158. The second kappa shape index (κ2) is 5.41. The van der Waals surface area contributed by atoms with Crippen molar-refractivity contribution < 1.29 is 4.79 Å². The van der Waals surface area contributed by atoms with Crippen LogP contribution in [0, 0.1) is 5.41 Å². The molecule has 0 aliphatic heterocycles. The number of nitrogens with zero attached hydrogens (tertiary/aromatic N) is 1. The number of rotatable bonds is 4. The lowest BCUT2D eigenvalue weighted by Gasteiger charge is -2.38. The predicted molar refractivity (Wildman–Crippen MR) is 77.8 cm³/mol. The molecule has 2 aliphatic carbocycles. The minimum absolute atomic E-state index is 0.0198. The van der Waals surface area contributed by atoms with Gasteiger partial charge in [-0.2, -0.15) is 0 Å². The molecule has 0 spiro atoms. The molecule has 2 fully saturated rings. The first kappa shape index (κ1) is 14.8. The molecule has 2 unspecified atom stereocenters. The molecule has 2 aliphatic rings. The Labute approximate surface area is 117 Å². The van der Waals surface area contributed by atoms with Crippen LogP contribution in [0.3, 0.4) is 0 Å². The maximum absolute atomic E-state index is 12.5. The largest absolute Gasteiger partial charge is 0.354 e. The molecule has 1 amide bonds. The fraction of sp³-hybridized carbons (Fsp3) is 0.933. The molecule has 2 atom stereocenters. The third kappa shape index (κ3) is 2.65. The van der Waals surface area contributed by atoms with Gasteiger partial charge in [0.15, 0.2) is 0 Å². The summed E-state index contributed by atoms with van der Waals surface area (Å²) in [4.78, 5) is 14.8. The van der Waals surface area contributed by atoms with Gasteiger partial charge in [0.1, 0.15) is 0 Å². The van der Waals surface area contributed by atoms with Crippen LogP contribution in [0.25, 0.3) is 0 Å². The van der Waals surface area contributed by atoms with Crippen LogP contribution in [-0.2, 0) is 4.79 Å². The molecule has 0 aromatic carbocycles. The summed E-state index contributed by atoms with van der Waals surface area (Å²) >= 11 is 0. The normalized spacial score (nSPS) is 33.8. The van der Waals surface area contributed by atoms with Crippen LogP contribution >= 0.6 is 0 Å². The lowest BCUT2D eigenvalue weighted by molar-refractivity contribution is -0.131. The van der Waals surface area contributed by atoms with Gasteiger partial charge in [-0.1, -0.05) is 19.3 Å². The van der Waals surface area contributed by atoms with Crippen molar-refractivity contribution >= 4 is 5.91 Å². The third-order valence-electron chi connectivity index (χ3n) is 5.61. The van der Waals surface area contributed by atoms with Crippen molar-refractivity contribution in [2.24, 2.45) is 11.1 Å². The van der Waals surface area contributed by atoms with Crippen molar-refractivity contribution in [1.29, 1.82) is 0 Å². The Balaban J connectivity index is 1.96. The quantitative estimate of drug-likeness (QED) is 0.811. The van der Waals surface area contributed by atoms with Gasteiger partial charge < -0.3 is 16.0 Å². The maximum Gasteiger partial charge on any atom is 0.227 e. The molecular formula is C15H29N3O. The van der Waals surface area contributed by atoms with Gasteiger partial charge in [0, 0.05) is 18.1 Å². The first-order chi connectivity index (χ1) is 8.91. The van der Waals surface area contributed by atoms with E-state index in [9.17, 15) is 4.79 Å². The summed E-state index contributed by atoms with van der Waals surface area (Å²) in [6, 6.07) is 0.0198. The van der Waals surface area contributed by atoms with Crippen molar-refractivity contribution in [1.82, 2.24) is 10.2 Å². The first-order valence-corrected chi connectivity index (χ1v) is 7.62. The molecule has 4 heteroatoms. The van der Waals surface area contributed by atoms with Crippen LogP contribution < -0.4 is 11.1 Å². The number of nitrogens with two attached hydrogens (primary N) is 1. The van der Waals surface area contributed by atoms with Gasteiger partial charge in [-0.3, -0.25) is 4.79 Å². The van der Waals surface area contributed by atoms with E-state index < -0.39 is 0 Å². The maximum atomic E-state index is 12.5. The van der Waals surface area contributed by atoms with Crippen LogP contribution in [0.15, 0.2) is 0 Å². The molecule has 19 heavy (non-hydrogen) atoms. The Morgan fingerprint density at radius 1 is 1.26 bits per heavy atom. The standard InChI is InChI=1S/C15H29N3O/c1-14(8-6-7-12(14)16)13(19)17-11-15(18(2)3)9-4-5-10-15/h12H,4-11,16H2,1-3H3,(H,17,19). The van der Waals surface area contributed by atoms with E-state index in [-0.39, 0.29) is 22.9 Å². The zero-order chi connectivity index (χ0) is 14.1. The van der Waals surface area contributed by atoms with E-state index in [1.807, 2.05) is 6.92 Å². The average Bonchev–Trinajstić information content (AvgIpc) is 2.96. The fourth-order valence-corrected chi connectivity index (χ4v) is 3.74. The van der Waals surface area contributed by atoms with E-state index in [1.165, 1.54) is 25.7 Å². The summed E-state index contributed by atoms with van der Waals surface area (Å²) in [7, 11) is 4.25. The number of hydrogen-bond donors (Lipinski definition) is 2. The molecule has 4 nitrogen and oxygen atoms in total. The molecule has 110 valence electrons. The Hall–Kier alpha value is -0.610. The average molecular weight is 267 g/mol. The van der Waals surface area contributed by atoms with E-state index in [0.29, 0.717) is 0 Å². The van der Waals surface area contributed by atoms with Crippen LogP contribution in [0.5, 0.6) is 0 Å². The number of likely N-dealkylation sites (N-methyl/N-ethyl adjacent to an activating group) is 1. The molecule has 0 radical (unpaired) electrons. The van der Waals surface area contributed by atoms with Crippen LogP contribution in [0.2, 0.25) is 0 Å². The highest BCUT2D eigenvalue weighted by Crippen LogP contribution is 2.38. The minimum atomic E-state index is -0.355. The number of carbonyl (C=O) groups is 1. The summed E-state index contributed by atoms with van der Waals surface area (Å²) < 4.78 is 0. The van der Waals surface area contributed by atoms with Crippen molar-refractivity contribution in [3.05, 3.63) is 0 Å². The van der Waals surface area contributed by atoms with E-state index >= 15 is 0 Å². The fourth-order valence-electron chi connectivity index (χ4n) is 3.74. The lowest BCUT2D eigenvalue weighted by Crippen LogP contribution is -2.55. The molecule has 2 rings (SSSR count). The smallest absolute Gasteiger partial charge is 0.227 e. The Bertz CT molecular complexity index is 336. The molecule has 0 aromatic rings. The minimum Gasteiger partial charge on any atom is -0.354 e. The Kier molecular flexibility index (Phi) is 4.21. The van der Waals surface area contributed by atoms with Gasteiger partial charge in [0.25, 0.3) is 0 Å². The number of nitrogens with one attached hydrogen (secondary N) is 1. The summed E-state index contributed by atoms with van der Waals surface area (Å²) in [6.07, 6.45) is 7.88. The third-order valence-corrected chi connectivity index (χ3v) is 5.61. The molecule has 3 N–H and O–H groups in total. The van der Waals surface area contributed by atoms with Crippen molar-refractivity contribution in [2.45, 2.75) is 63.5 Å². The molecule has 0 aromatic heterocycles. The zero-order valence-corrected chi connectivity index (χ0v) is 12.7. The summed E-state index contributed by atoms with van der Waals surface area (Å²) in [5.41, 5.74) is 5.93. The van der Waals surface area contributed by atoms with E-state index in [4.69, 9.17) is 5.73 Å². The van der Waals surface area contributed by atoms with Crippen molar-refractivity contribution in [3.63, 3.8) is 0 Å². The summed E-state index contributed by atoms with van der Waals surface area (Å²) in [6.45, 7) is 2.79. The van der Waals surface area contributed by atoms with Gasteiger partial charge in [-0.05, 0) is 46.7 Å². The molecule has 0 heterocycles. The Morgan fingerprint density at radius 2 is 1.89 bits per heavy atom. The second-order valence-electron chi connectivity index (χ2n) is 6.92. The van der Waals surface area contributed by atoms with E-state index in [2.05, 4.69) is 24.3 Å².